The summed E-state index contributed by atoms with van der Waals surface area (Å²) in [4.78, 5) is 4.72. The topological polar surface area (TPSA) is 16.8 Å². The Balaban J connectivity index is 1.94. The van der Waals surface area contributed by atoms with E-state index in [-0.39, 0.29) is 0 Å². The molecule has 0 N–H and O–H groups in total. The van der Waals surface area contributed by atoms with Crippen LogP contribution < -0.4 is 4.57 Å². The maximum atomic E-state index is 4.72. The third-order valence-corrected chi connectivity index (χ3v) is 4.79. The molecule has 1 aliphatic rings. The maximum Gasteiger partial charge on any atom is 0.213 e. The number of hydrogen-bond acceptors (Lipinski definition) is 1. The summed E-state index contributed by atoms with van der Waals surface area (Å²) in [6.07, 6.45) is 3.21. The zero-order chi connectivity index (χ0) is 16.1. The fraction of sp³-hybridized carbons (Fsp3) is 0.238. The summed E-state index contributed by atoms with van der Waals surface area (Å²) >= 11 is 0. The molecule has 0 bridgehead atoms. The van der Waals surface area contributed by atoms with Crippen molar-refractivity contribution in [1.82, 2.24) is 4.98 Å². The second kappa shape index (κ2) is 5.02. The van der Waals surface area contributed by atoms with Crippen molar-refractivity contribution in [2.75, 3.05) is 0 Å². The molecule has 4 rings (SSSR count). The second-order valence-electron chi connectivity index (χ2n) is 6.65. The van der Waals surface area contributed by atoms with Gasteiger partial charge in [-0.25, -0.2) is 4.57 Å². The Morgan fingerprint density at radius 3 is 2.57 bits per heavy atom. The van der Waals surface area contributed by atoms with Gasteiger partial charge >= 0.3 is 0 Å². The monoisotopic (exact) mass is 301 g/mol. The van der Waals surface area contributed by atoms with Crippen LogP contribution in [0.3, 0.4) is 0 Å². The van der Waals surface area contributed by atoms with E-state index in [9.17, 15) is 0 Å². The molecule has 2 aromatic heterocycles. The highest BCUT2D eigenvalue weighted by Gasteiger charge is 2.25. The molecule has 114 valence electrons. The lowest BCUT2D eigenvalue weighted by Gasteiger charge is -2.08. The minimum absolute atomic E-state index is 0.938. The van der Waals surface area contributed by atoms with E-state index in [0.717, 1.165) is 12.1 Å². The van der Waals surface area contributed by atoms with Crippen molar-refractivity contribution in [3.63, 3.8) is 0 Å². The Bertz CT molecular complexity index is 939. The Kier molecular flexibility index (Phi) is 3.08. The average molecular weight is 301 g/mol. The van der Waals surface area contributed by atoms with Crippen molar-refractivity contribution in [2.24, 2.45) is 7.05 Å². The first-order chi connectivity index (χ1) is 11.0. The molecule has 2 heterocycles. The summed E-state index contributed by atoms with van der Waals surface area (Å²) in [6, 6.07) is 13.3. The molecule has 0 radical (unpaired) electrons. The lowest BCUT2D eigenvalue weighted by Crippen LogP contribution is -2.31. The lowest BCUT2D eigenvalue weighted by atomic mass is 9.99. The average Bonchev–Trinajstić information content (AvgIpc) is 2.85. The minimum atomic E-state index is 0.938. The van der Waals surface area contributed by atoms with Gasteiger partial charge in [0, 0.05) is 34.9 Å². The largest absolute Gasteiger partial charge is 0.257 e. The molecule has 0 fully saturated rings. The number of fused-ring (bicyclic) bond motifs is 3. The van der Waals surface area contributed by atoms with Crippen LogP contribution in [0.4, 0.5) is 0 Å². The molecule has 1 aliphatic carbocycles. The van der Waals surface area contributed by atoms with Crippen molar-refractivity contribution >= 4 is 0 Å². The lowest BCUT2D eigenvalue weighted by molar-refractivity contribution is -0.660. The number of hydrogen-bond donors (Lipinski definition) is 0. The predicted molar refractivity (Wildman–Crippen MR) is 93.3 cm³/mol. The van der Waals surface area contributed by atoms with Gasteiger partial charge in [-0.3, -0.25) is 4.98 Å². The van der Waals surface area contributed by atoms with Crippen LogP contribution in [0.2, 0.25) is 0 Å². The Labute approximate surface area is 137 Å². The first kappa shape index (κ1) is 14.1. The zero-order valence-corrected chi connectivity index (χ0v) is 14.1. The summed E-state index contributed by atoms with van der Waals surface area (Å²) < 4.78 is 2.25. The van der Waals surface area contributed by atoms with E-state index in [1.54, 1.807) is 0 Å². The van der Waals surface area contributed by atoms with Gasteiger partial charge < -0.3 is 0 Å². The van der Waals surface area contributed by atoms with Gasteiger partial charge in [-0.2, -0.15) is 0 Å². The van der Waals surface area contributed by atoms with Crippen molar-refractivity contribution in [3.05, 3.63) is 70.7 Å². The molecule has 3 aromatic rings. The van der Waals surface area contributed by atoms with Gasteiger partial charge in [0.1, 0.15) is 7.05 Å². The van der Waals surface area contributed by atoms with Gasteiger partial charge in [0.15, 0.2) is 6.20 Å². The summed E-state index contributed by atoms with van der Waals surface area (Å²) in [6.45, 7) is 6.39. The first-order valence-corrected chi connectivity index (χ1v) is 8.10. The van der Waals surface area contributed by atoms with E-state index in [1.165, 1.54) is 44.8 Å². The number of rotatable bonds is 1. The second-order valence-corrected chi connectivity index (χ2v) is 6.65. The quantitative estimate of drug-likeness (QED) is 0.484. The normalized spacial score (nSPS) is 12.2. The highest BCUT2D eigenvalue weighted by atomic mass is 14.9. The number of pyridine rings is 2. The van der Waals surface area contributed by atoms with Crippen LogP contribution in [0.1, 0.15) is 28.1 Å². The van der Waals surface area contributed by atoms with E-state index in [4.69, 9.17) is 4.98 Å². The molecule has 0 saturated heterocycles. The van der Waals surface area contributed by atoms with E-state index < -0.39 is 0 Å². The predicted octanol–water partition coefficient (Wildman–Crippen LogP) is 4.07. The molecule has 1 aromatic carbocycles. The van der Waals surface area contributed by atoms with E-state index in [0.29, 0.717) is 0 Å². The number of nitrogens with zero attached hydrogens (tertiary/aromatic N) is 2. The van der Waals surface area contributed by atoms with Crippen LogP contribution in [0.25, 0.3) is 22.4 Å². The van der Waals surface area contributed by atoms with Gasteiger partial charge in [-0.15, -0.1) is 0 Å². The summed E-state index contributed by atoms with van der Waals surface area (Å²) in [5, 5.41) is 0. The molecule has 0 amide bonds. The van der Waals surface area contributed by atoms with Crippen LogP contribution >= 0.6 is 0 Å². The highest BCUT2D eigenvalue weighted by Crippen LogP contribution is 2.37. The van der Waals surface area contributed by atoms with Crippen molar-refractivity contribution in [1.29, 1.82) is 0 Å². The molecule has 0 spiro atoms. The highest BCUT2D eigenvalue weighted by molar-refractivity contribution is 5.78. The minimum Gasteiger partial charge on any atom is -0.257 e. The van der Waals surface area contributed by atoms with Crippen LogP contribution in [-0.2, 0) is 13.5 Å². The summed E-state index contributed by atoms with van der Waals surface area (Å²) in [7, 11) is 2.14. The van der Waals surface area contributed by atoms with Crippen LogP contribution in [0.5, 0.6) is 0 Å². The molecule has 2 heteroatoms. The maximum absolute atomic E-state index is 4.72. The van der Waals surface area contributed by atoms with Gasteiger partial charge in [-0.05, 0) is 44.0 Å². The van der Waals surface area contributed by atoms with E-state index >= 15 is 0 Å². The molecule has 0 unspecified atom stereocenters. The summed E-state index contributed by atoms with van der Waals surface area (Å²) in [5.74, 6) is 0. The van der Waals surface area contributed by atoms with Gasteiger partial charge in [0.25, 0.3) is 0 Å². The van der Waals surface area contributed by atoms with Crippen molar-refractivity contribution < 1.29 is 4.57 Å². The van der Waals surface area contributed by atoms with Crippen LogP contribution in [0.15, 0.2) is 42.6 Å². The van der Waals surface area contributed by atoms with Gasteiger partial charge in [0.2, 0.25) is 5.69 Å². The molecule has 0 saturated carbocycles. The van der Waals surface area contributed by atoms with Crippen molar-refractivity contribution in [3.8, 4) is 22.4 Å². The zero-order valence-electron chi connectivity index (χ0n) is 14.1. The van der Waals surface area contributed by atoms with Crippen molar-refractivity contribution in [2.45, 2.75) is 27.2 Å². The Hall–Kier alpha value is -2.48. The summed E-state index contributed by atoms with van der Waals surface area (Å²) in [5.41, 5.74) is 11.5. The molecule has 0 atom stereocenters. The van der Waals surface area contributed by atoms with Crippen LogP contribution in [0, 0.1) is 20.8 Å². The number of aryl methyl sites for hydroxylation is 4. The fourth-order valence-electron chi connectivity index (χ4n) is 3.55. The smallest absolute Gasteiger partial charge is 0.213 e. The van der Waals surface area contributed by atoms with E-state index in [1.807, 2.05) is 0 Å². The standard InChI is InChI=1S/C21H21N2/c1-13-5-6-14(2)18(9-13)21-11-19-16(12-23(21)4)10-20-17(19)8-7-15(3)22-20/h5-9,11-12H,10H2,1-4H3/q+1. The van der Waals surface area contributed by atoms with Gasteiger partial charge in [0.05, 0.1) is 5.69 Å². The first-order valence-electron chi connectivity index (χ1n) is 8.10. The fourth-order valence-corrected chi connectivity index (χ4v) is 3.55. The van der Waals surface area contributed by atoms with E-state index in [2.05, 4.69) is 75.0 Å². The molecule has 2 nitrogen and oxygen atoms in total. The SMILES string of the molecule is Cc1ccc(C)c(-c2cc3c(c[n+]2C)Cc2nc(C)ccc2-3)c1. The molecular formula is C21H21N2+. The third-order valence-electron chi connectivity index (χ3n) is 4.79. The van der Waals surface area contributed by atoms with Gasteiger partial charge in [-0.1, -0.05) is 23.8 Å². The van der Waals surface area contributed by atoms with Crippen LogP contribution in [-0.4, -0.2) is 4.98 Å². The third kappa shape index (κ3) is 2.26. The number of aromatic nitrogens is 2. The molecular weight excluding hydrogens is 280 g/mol. The Morgan fingerprint density at radius 2 is 1.74 bits per heavy atom. The molecule has 0 aliphatic heterocycles. The molecule has 23 heavy (non-hydrogen) atoms. The Morgan fingerprint density at radius 1 is 0.913 bits per heavy atom. The number of benzene rings is 1.